The quantitative estimate of drug-likeness (QED) is 0.729. The summed E-state index contributed by atoms with van der Waals surface area (Å²) in [6.45, 7) is 2.18. The Morgan fingerprint density at radius 3 is 2.70 bits per heavy atom. The van der Waals surface area contributed by atoms with Gasteiger partial charge in [0.05, 0.1) is 6.54 Å². The Hall–Kier alpha value is -2.99. The van der Waals surface area contributed by atoms with E-state index < -0.39 is 0 Å². The molecule has 1 saturated heterocycles. The molecule has 1 atom stereocenters. The molecule has 1 fully saturated rings. The molecule has 3 aromatic rings. The van der Waals surface area contributed by atoms with Gasteiger partial charge in [-0.2, -0.15) is 0 Å². The summed E-state index contributed by atoms with van der Waals surface area (Å²) >= 11 is 0. The molecule has 0 spiro atoms. The monoisotopic (exact) mass is 362 g/mol. The molecule has 1 aromatic carbocycles. The lowest BCUT2D eigenvalue weighted by molar-refractivity contribution is -0.126. The van der Waals surface area contributed by atoms with Gasteiger partial charge in [-0.3, -0.25) is 14.7 Å². The molecule has 1 N–H and O–H groups in total. The van der Waals surface area contributed by atoms with Crippen molar-refractivity contribution < 1.29 is 9.32 Å². The van der Waals surface area contributed by atoms with Crippen LogP contribution < -0.4 is 5.32 Å². The van der Waals surface area contributed by atoms with Crippen molar-refractivity contribution in [3.05, 3.63) is 72.2 Å². The van der Waals surface area contributed by atoms with Crippen molar-refractivity contribution in [2.75, 3.05) is 13.1 Å². The van der Waals surface area contributed by atoms with Crippen LogP contribution in [-0.4, -0.2) is 34.0 Å². The SMILES string of the molecule is O=C(NCc1cc(-c2ccccc2)on1)[C@@H](c1cccnc1)N1CCCC1. The first-order valence-corrected chi connectivity index (χ1v) is 9.24. The van der Waals surface area contributed by atoms with Gasteiger partial charge in [0.25, 0.3) is 0 Å². The zero-order valence-electron chi connectivity index (χ0n) is 15.0. The number of carbonyl (C=O) groups excluding carboxylic acids is 1. The van der Waals surface area contributed by atoms with E-state index in [-0.39, 0.29) is 11.9 Å². The van der Waals surface area contributed by atoms with E-state index >= 15 is 0 Å². The summed E-state index contributed by atoms with van der Waals surface area (Å²) in [7, 11) is 0. The van der Waals surface area contributed by atoms with E-state index in [1.807, 2.05) is 48.5 Å². The van der Waals surface area contributed by atoms with Crippen molar-refractivity contribution in [3.8, 4) is 11.3 Å². The number of carbonyl (C=O) groups is 1. The summed E-state index contributed by atoms with van der Waals surface area (Å²) in [6, 6.07) is 15.2. The first-order valence-electron chi connectivity index (χ1n) is 9.24. The molecule has 27 heavy (non-hydrogen) atoms. The predicted molar refractivity (Wildman–Crippen MR) is 102 cm³/mol. The van der Waals surface area contributed by atoms with Gasteiger partial charge in [0, 0.05) is 24.0 Å². The molecule has 3 heterocycles. The Balaban J connectivity index is 1.45. The second-order valence-electron chi connectivity index (χ2n) is 6.70. The summed E-state index contributed by atoms with van der Waals surface area (Å²) < 4.78 is 5.41. The van der Waals surface area contributed by atoms with Crippen molar-refractivity contribution >= 4 is 5.91 Å². The number of nitrogens with one attached hydrogen (secondary N) is 1. The summed E-state index contributed by atoms with van der Waals surface area (Å²) in [5, 5.41) is 7.09. The molecule has 138 valence electrons. The molecule has 1 aliphatic heterocycles. The number of aromatic nitrogens is 2. The Kier molecular flexibility index (Phi) is 5.25. The number of hydrogen-bond acceptors (Lipinski definition) is 5. The van der Waals surface area contributed by atoms with Crippen LogP contribution in [-0.2, 0) is 11.3 Å². The van der Waals surface area contributed by atoms with Crippen LogP contribution in [0.1, 0.15) is 30.1 Å². The molecule has 1 amide bonds. The fourth-order valence-corrected chi connectivity index (χ4v) is 3.47. The topological polar surface area (TPSA) is 71.3 Å². The Morgan fingerprint density at radius 1 is 1.15 bits per heavy atom. The number of pyridine rings is 1. The van der Waals surface area contributed by atoms with Gasteiger partial charge in [-0.05, 0) is 37.6 Å². The van der Waals surface area contributed by atoms with Gasteiger partial charge in [-0.25, -0.2) is 0 Å². The Labute approximate surface area is 158 Å². The van der Waals surface area contributed by atoms with E-state index in [1.165, 1.54) is 0 Å². The maximum absolute atomic E-state index is 12.9. The third-order valence-electron chi connectivity index (χ3n) is 4.82. The molecule has 0 radical (unpaired) electrons. The molecule has 4 rings (SSSR count). The molecule has 6 nitrogen and oxygen atoms in total. The van der Waals surface area contributed by atoms with Gasteiger partial charge in [0.1, 0.15) is 11.7 Å². The molecule has 1 aliphatic rings. The summed E-state index contributed by atoms with van der Waals surface area (Å²) in [6.07, 6.45) is 5.73. The zero-order chi connectivity index (χ0) is 18.5. The molecule has 0 saturated carbocycles. The van der Waals surface area contributed by atoms with Gasteiger partial charge >= 0.3 is 0 Å². The summed E-state index contributed by atoms with van der Waals surface area (Å²) in [5.41, 5.74) is 2.59. The van der Waals surface area contributed by atoms with Gasteiger partial charge in [0.2, 0.25) is 5.91 Å². The van der Waals surface area contributed by atoms with Crippen molar-refractivity contribution in [2.24, 2.45) is 0 Å². The largest absolute Gasteiger partial charge is 0.356 e. The van der Waals surface area contributed by atoms with E-state index in [1.54, 1.807) is 12.4 Å². The van der Waals surface area contributed by atoms with Crippen molar-refractivity contribution in [1.29, 1.82) is 0 Å². The molecule has 0 aliphatic carbocycles. The van der Waals surface area contributed by atoms with Crippen LogP contribution >= 0.6 is 0 Å². The number of amides is 1. The highest BCUT2D eigenvalue weighted by Crippen LogP contribution is 2.25. The van der Waals surface area contributed by atoms with E-state index in [0.29, 0.717) is 18.0 Å². The average molecular weight is 362 g/mol. The van der Waals surface area contributed by atoms with Gasteiger partial charge in [-0.1, -0.05) is 41.6 Å². The average Bonchev–Trinajstić information content (AvgIpc) is 3.41. The highest BCUT2D eigenvalue weighted by molar-refractivity contribution is 5.83. The fraction of sp³-hybridized carbons (Fsp3) is 0.286. The number of benzene rings is 1. The van der Waals surface area contributed by atoms with Crippen LogP contribution in [0.4, 0.5) is 0 Å². The van der Waals surface area contributed by atoms with E-state index in [4.69, 9.17) is 4.52 Å². The lowest BCUT2D eigenvalue weighted by Crippen LogP contribution is -2.39. The fourth-order valence-electron chi connectivity index (χ4n) is 3.47. The second kappa shape index (κ2) is 8.14. The number of nitrogens with zero attached hydrogens (tertiary/aromatic N) is 3. The van der Waals surface area contributed by atoms with Gasteiger partial charge in [0.15, 0.2) is 5.76 Å². The van der Waals surface area contributed by atoms with Crippen molar-refractivity contribution in [1.82, 2.24) is 20.4 Å². The minimum atomic E-state index is -0.318. The summed E-state index contributed by atoms with van der Waals surface area (Å²) in [4.78, 5) is 19.3. The van der Waals surface area contributed by atoms with Gasteiger partial charge < -0.3 is 9.84 Å². The first kappa shape index (κ1) is 17.4. The third-order valence-corrected chi connectivity index (χ3v) is 4.82. The predicted octanol–water partition coefficient (Wildman–Crippen LogP) is 3.19. The van der Waals surface area contributed by atoms with Crippen LogP contribution in [0.15, 0.2) is 65.4 Å². The standard InChI is InChI=1S/C21H22N4O2/c26-21(20(25-11-4-5-12-25)17-9-6-10-22-14-17)23-15-18-13-19(27-24-18)16-7-2-1-3-8-16/h1-3,6-10,13-14,20H,4-5,11-12,15H2,(H,23,26)/t20-/m1/s1. The number of hydrogen-bond donors (Lipinski definition) is 1. The second-order valence-corrected chi connectivity index (χ2v) is 6.70. The number of likely N-dealkylation sites (tertiary alicyclic amines) is 1. The summed E-state index contributed by atoms with van der Waals surface area (Å²) in [5.74, 6) is 0.664. The normalized spacial score (nSPS) is 15.6. The highest BCUT2D eigenvalue weighted by atomic mass is 16.5. The molecular weight excluding hydrogens is 340 g/mol. The van der Waals surface area contributed by atoms with Crippen molar-refractivity contribution in [3.63, 3.8) is 0 Å². The van der Waals surface area contributed by atoms with Gasteiger partial charge in [-0.15, -0.1) is 0 Å². The number of rotatable bonds is 6. The minimum absolute atomic E-state index is 0.0332. The van der Waals surface area contributed by atoms with E-state index in [2.05, 4.69) is 20.4 Å². The third kappa shape index (κ3) is 4.06. The van der Waals surface area contributed by atoms with E-state index in [0.717, 1.165) is 37.1 Å². The lowest BCUT2D eigenvalue weighted by Gasteiger charge is -2.26. The van der Waals surface area contributed by atoms with Crippen LogP contribution in [0.5, 0.6) is 0 Å². The molecule has 0 unspecified atom stereocenters. The first-order chi connectivity index (χ1) is 13.3. The smallest absolute Gasteiger partial charge is 0.242 e. The zero-order valence-corrected chi connectivity index (χ0v) is 15.0. The van der Waals surface area contributed by atoms with Crippen LogP contribution in [0, 0.1) is 0 Å². The Bertz CT molecular complexity index is 873. The minimum Gasteiger partial charge on any atom is -0.356 e. The van der Waals surface area contributed by atoms with Crippen LogP contribution in [0.3, 0.4) is 0 Å². The van der Waals surface area contributed by atoms with Crippen molar-refractivity contribution in [2.45, 2.75) is 25.4 Å². The van der Waals surface area contributed by atoms with E-state index in [9.17, 15) is 4.79 Å². The Morgan fingerprint density at radius 2 is 1.96 bits per heavy atom. The maximum atomic E-state index is 12.9. The molecule has 6 heteroatoms. The van der Waals surface area contributed by atoms with Crippen LogP contribution in [0.2, 0.25) is 0 Å². The highest BCUT2D eigenvalue weighted by Gasteiger charge is 2.29. The molecular formula is C21H22N4O2. The lowest BCUT2D eigenvalue weighted by atomic mass is 10.1. The maximum Gasteiger partial charge on any atom is 0.242 e. The molecule has 0 bridgehead atoms. The molecule has 2 aromatic heterocycles. The van der Waals surface area contributed by atoms with Crippen LogP contribution in [0.25, 0.3) is 11.3 Å².